The molecule has 0 amide bonds. The maximum Gasteiger partial charge on any atom is 0.0601 e. The van der Waals surface area contributed by atoms with Crippen molar-refractivity contribution in [2.24, 2.45) is 0 Å². The minimum Gasteiger partial charge on any atom is -0.381 e. The molecule has 0 atom stereocenters. The first-order valence-corrected chi connectivity index (χ1v) is 6.01. The van der Waals surface area contributed by atoms with Gasteiger partial charge in [0, 0.05) is 19.7 Å². The van der Waals surface area contributed by atoms with Crippen molar-refractivity contribution in [1.29, 1.82) is 0 Å². The topological polar surface area (TPSA) is 21.3 Å². The molecule has 0 bridgehead atoms. The molecule has 0 radical (unpaired) electrons. The van der Waals surface area contributed by atoms with Crippen LogP contribution in [0.1, 0.15) is 24.0 Å². The maximum absolute atomic E-state index is 5.24. The van der Waals surface area contributed by atoms with Gasteiger partial charge >= 0.3 is 0 Å². The third kappa shape index (κ3) is 2.16. The number of nitrogens with one attached hydrogen (secondary N) is 1. The number of hydrogen-bond donors (Lipinski definition) is 1. The first-order valence-electron chi connectivity index (χ1n) is 5.07. The Morgan fingerprint density at radius 1 is 1.50 bits per heavy atom. The fourth-order valence-electron chi connectivity index (χ4n) is 1.75. The summed E-state index contributed by atoms with van der Waals surface area (Å²) in [7, 11) is 1.80. The zero-order chi connectivity index (χ0) is 9.97. The van der Waals surface area contributed by atoms with Crippen molar-refractivity contribution in [2.45, 2.75) is 38.5 Å². The molecule has 1 aliphatic rings. The SMILES string of the molecule is COC1CC(NCc2cscc2C)C1. The number of aryl methyl sites for hydroxylation is 1. The van der Waals surface area contributed by atoms with Crippen LogP contribution in [-0.4, -0.2) is 19.3 Å². The van der Waals surface area contributed by atoms with E-state index in [1.165, 1.54) is 24.0 Å². The number of thiophene rings is 1. The van der Waals surface area contributed by atoms with Crippen LogP contribution in [0.5, 0.6) is 0 Å². The Balaban J connectivity index is 1.72. The van der Waals surface area contributed by atoms with Gasteiger partial charge in [-0.1, -0.05) is 0 Å². The summed E-state index contributed by atoms with van der Waals surface area (Å²) in [4.78, 5) is 0. The molecule has 2 nitrogen and oxygen atoms in total. The normalized spacial score (nSPS) is 26.1. The van der Waals surface area contributed by atoms with Crippen molar-refractivity contribution in [3.05, 3.63) is 21.9 Å². The largest absolute Gasteiger partial charge is 0.381 e. The second-order valence-electron chi connectivity index (χ2n) is 3.99. The van der Waals surface area contributed by atoms with Crippen molar-refractivity contribution in [1.82, 2.24) is 5.32 Å². The van der Waals surface area contributed by atoms with Gasteiger partial charge in [-0.25, -0.2) is 0 Å². The van der Waals surface area contributed by atoms with Crippen LogP contribution < -0.4 is 5.32 Å². The van der Waals surface area contributed by atoms with E-state index in [9.17, 15) is 0 Å². The van der Waals surface area contributed by atoms with Gasteiger partial charge in [0.1, 0.15) is 0 Å². The molecule has 1 saturated carbocycles. The molecule has 1 heterocycles. The molecule has 1 aromatic rings. The lowest BCUT2D eigenvalue weighted by Gasteiger charge is -2.34. The number of methoxy groups -OCH3 is 1. The average Bonchev–Trinajstić information content (AvgIpc) is 2.49. The second-order valence-corrected chi connectivity index (χ2v) is 4.73. The Morgan fingerprint density at radius 3 is 2.86 bits per heavy atom. The molecule has 0 unspecified atom stereocenters. The molecule has 0 aromatic carbocycles. The number of rotatable bonds is 4. The lowest BCUT2D eigenvalue weighted by molar-refractivity contribution is 0.0170. The van der Waals surface area contributed by atoms with Gasteiger partial charge in [0.15, 0.2) is 0 Å². The third-order valence-corrected chi connectivity index (χ3v) is 3.88. The fourth-order valence-corrected chi connectivity index (χ4v) is 2.60. The quantitative estimate of drug-likeness (QED) is 0.825. The van der Waals surface area contributed by atoms with Crippen molar-refractivity contribution in [3.63, 3.8) is 0 Å². The molecule has 0 saturated heterocycles. The van der Waals surface area contributed by atoms with Crippen molar-refractivity contribution in [2.75, 3.05) is 7.11 Å². The van der Waals surface area contributed by atoms with E-state index in [4.69, 9.17) is 4.74 Å². The molecular formula is C11H17NOS. The van der Waals surface area contributed by atoms with Gasteiger partial charge in [-0.05, 0) is 41.7 Å². The second kappa shape index (κ2) is 4.43. The summed E-state index contributed by atoms with van der Waals surface area (Å²) in [5.41, 5.74) is 2.85. The van der Waals surface area contributed by atoms with E-state index in [1.54, 1.807) is 18.4 Å². The molecule has 1 aromatic heterocycles. The molecule has 14 heavy (non-hydrogen) atoms. The van der Waals surface area contributed by atoms with E-state index in [1.807, 2.05) is 0 Å². The molecule has 0 spiro atoms. The summed E-state index contributed by atoms with van der Waals surface area (Å²) in [6.45, 7) is 3.18. The van der Waals surface area contributed by atoms with E-state index in [2.05, 4.69) is 23.0 Å². The summed E-state index contributed by atoms with van der Waals surface area (Å²) >= 11 is 1.78. The van der Waals surface area contributed by atoms with E-state index in [0.29, 0.717) is 12.1 Å². The molecule has 1 fully saturated rings. The van der Waals surface area contributed by atoms with Crippen LogP contribution in [0, 0.1) is 6.92 Å². The highest BCUT2D eigenvalue weighted by molar-refractivity contribution is 7.08. The van der Waals surface area contributed by atoms with Crippen molar-refractivity contribution in [3.8, 4) is 0 Å². The lowest BCUT2D eigenvalue weighted by atomic mass is 9.89. The lowest BCUT2D eigenvalue weighted by Crippen LogP contribution is -2.44. The van der Waals surface area contributed by atoms with Gasteiger partial charge in [0.2, 0.25) is 0 Å². The first kappa shape index (κ1) is 10.1. The standard InChI is InChI=1S/C11H17NOS/c1-8-6-14-7-9(8)5-12-10-3-11(4-10)13-2/h6-7,10-12H,3-5H2,1-2H3. The number of hydrogen-bond acceptors (Lipinski definition) is 3. The fraction of sp³-hybridized carbons (Fsp3) is 0.636. The highest BCUT2D eigenvalue weighted by Crippen LogP contribution is 2.23. The van der Waals surface area contributed by atoms with Crippen molar-refractivity contribution < 1.29 is 4.74 Å². The van der Waals surface area contributed by atoms with E-state index in [0.717, 1.165) is 6.54 Å². The summed E-state index contributed by atoms with van der Waals surface area (Å²) in [5.74, 6) is 0. The molecule has 1 N–H and O–H groups in total. The minimum atomic E-state index is 0.496. The zero-order valence-corrected chi connectivity index (χ0v) is 9.56. The van der Waals surface area contributed by atoms with Gasteiger partial charge in [0.25, 0.3) is 0 Å². The highest BCUT2D eigenvalue weighted by atomic mass is 32.1. The van der Waals surface area contributed by atoms with Crippen LogP contribution >= 0.6 is 11.3 Å². The van der Waals surface area contributed by atoms with Crippen LogP contribution in [0.25, 0.3) is 0 Å². The van der Waals surface area contributed by atoms with Crippen LogP contribution in [0.2, 0.25) is 0 Å². The highest BCUT2D eigenvalue weighted by Gasteiger charge is 2.28. The van der Waals surface area contributed by atoms with Crippen LogP contribution in [-0.2, 0) is 11.3 Å². The van der Waals surface area contributed by atoms with Crippen molar-refractivity contribution >= 4 is 11.3 Å². The van der Waals surface area contributed by atoms with Gasteiger partial charge in [-0.2, -0.15) is 11.3 Å². The predicted molar refractivity (Wildman–Crippen MR) is 59.7 cm³/mol. The molecular weight excluding hydrogens is 194 g/mol. The van der Waals surface area contributed by atoms with Crippen LogP contribution in [0.4, 0.5) is 0 Å². The Labute approximate surface area is 89.3 Å². The maximum atomic E-state index is 5.24. The number of ether oxygens (including phenoxy) is 1. The molecule has 1 aliphatic carbocycles. The summed E-state index contributed by atoms with van der Waals surface area (Å²) in [6.07, 6.45) is 2.83. The molecule has 78 valence electrons. The molecule has 0 aliphatic heterocycles. The summed E-state index contributed by atoms with van der Waals surface area (Å²) in [6, 6.07) is 0.666. The van der Waals surface area contributed by atoms with Gasteiger partial charge in [-0.15, -0.1) is 0 Å². The molecule has 2 rings (SSSR count). The minimum absolute atomic E-state index is 0.496. The smallest absolute Gasteiger partial charge is 0.0601 e. The monoisotopic (exact) mass is 211 g/mol. The Bertz CT molecular complexity index is 291. The van der Waals surface area contributed by atoms with Gasteiger partial charge in [-0.3, -0.25) is 0 Å². The zero-order valence-electron chi connectivity index (χ0n) is 8.75. The Hall–Kier alpha value is -0.380. The molecule has 3 heteroatoms. The summed E-state index contributed by atoms with van der Waals surface area (Å²) in [5, 5.41) is 7.99. The van der Waals surface area contributed by atoms with E-state index < -0.39 is 0 Å². The first-order chi connectivity index (χ1) is 6.79. The van der Waals surface area contributed by atoms with Crippen LogP contribution in [0.3, 0.4) is 0 Å². The van der Waals surface area contributed by atoms with E-state index >= 15 is 0 Å². The predicted octanol–water partition coefficient (Wildman–Crippen LogP) is 2.32. The van der Waals surface area contributed by atoms with Gasteiger partial charge < -0.3 is 10.1 Å². The van der Waals surface area contributed by atoms with E-state index in [-0.39, 0.29) is 0 Å². The average molecular weight is 211 g/mol. The van der Waals surface area contributed by atoms with Gasteiger partial charge in [0.05, 0.1) is 6.10 Å². The summed E-state index contributed by atoms with van der Waals surface area (Å²) < 4.78 is 5.24. The van der Waals surface area contributed by atoms with Crippen LogP contribution in [0.15, 0.2) is 10.8 Å². The third-order valence-electron chi connectivity index (χ3n) is 2.97. The Kier molecular flexibility index (Phi) is 3.21. The Morgan fingerprint density at radius 2 is 2.29 bits per heavy atom.